The molecule has 0 fully saturated rings. The number of hydrogen-bond donors (Lipinski definition) is 0. The van der Waals surface area contributed by atoms with Gasteiger partial charge in [-0.15, -0.1) is 0 Å². The van der Waals surface area contributed by atoms with Crippen molar-refractivity contribution in [3.05, 3.63) is 60.2 Å². The molecule has 3 aromatic heterocycles. The van der Waals surface area contributed by atoms with Crippen LogP contribution in [0.3, 0.4) is 0 Å². The average Bonchev–Trinajstić information content (AvgIpc) is 3.20. The molecule has 3 heterocycles. The first-order valence-electron chi connectivity index (χ1n) is 6.72. The predicted molar refractivity (Wildman–Crippen MR) is 77.8 cm³/mol. The summed E-state index contributed by atoms with van der Waals surface area (Å²) in [5.41, 5.74) is 2.93. The van der Waals surface area contributed by atoms with Gasteiger partial charge < -0.3 is 13.5 Å². The van der Waals surface area contributed by atoms with E-state index in [-0.39, 0.29) is 0 Å². The molecular formula is C16H13N3O2. The van der Waals surface area contributed by atoms with Gasteiger partial charge in [0, 0.05) is 6.07 Å². The molecule has 1 aromatic carbocycles. The standard InChI is InChI=1S/C16H13N3O2/c1-11-17-13-5-2-3-6-14(13)19(11)10-12-9-16(21-18-12)15-7-4-8-20-15/h2-9H,10H2,1H3. The minimum atomic E-state index is 0.622. The first-order valence-corrected chi connectivity index (χ1v) is 6.72. The summed E-state index contributed by atoms with van der Waals surface area (Å²) in [7, 11) is 0. The van der Waals surface area contributed by atoms with Crippen LogP contribution in [0.15, 0.2) is 57.7 Å². The molecule has 0 aliphatic rings. The highest BCUT2D eigenvalue weighted by Gasteiger charge is 2.12. The normalized spacial score (nSPS) is 11.3. The Hall–Kier alpha value is -2.82. The number of fused-ring (bicyclic) bond motifs is 1. The van der Waals surface area contributed by atoms with E-state index >= 15 is 0 Å². The van der Waals surface area contributed by atoms with Gasteiger partial charge in [-0.2, -0.15) is 0 Å². The highest BCUT2D eigenvalue weighted by Crippen LogP contribution is 2.22. The first-order chi connectivity index (χ1) is 10.3. The van der Waals surface area contributed by atoms with Crippen molar-refractivity contribution in [3.63, 3.8) is 0 Å². The summed E-state index contributed by atoms with van der Waals surface area (Å²) in [5, 5.41) is 4.11. The molecule has 0 unspecified atom stereocenters. The molecule has 104 valence electrons. The molecule has 0 radical (unpaired) electrons. The molecule has 0 aliphatic heterocycles. The van der Waals surface area contributed by atoms with Crippen molar-refractivity contribution in [1.29, 1.82) is 0 Å². The molecule has 0 atom stereocenters. The number of rotatable bonds is 3. The fraction of sp³-hybridized carbons (Fsp3) is 0.125. The van der Waals surface area contributed by atoms with E-state index in [2.05, 4.69) is 20.8 Å². The molecule has 0 saturated carbocycles. The highest BCUT2D eigenvalue weighted by molar-refractivity contribution is 5.75. The average molecular weight is 279 g/mol. The van der Waals surface area contributed by atoms with Crippen molar-refractivity contribution in [1.82, 2.24) is 14.7 Å². The fourth-order valence-corrected chi connectivity index (χ4v) is 2.48. The van der Waals surface area contributed by atoms with Crippen LogP contribution in [0.1, 0.15) is 11.5 Å². The summed E-state index contributed by atoms with van der Waals surface area (Å²) in [6.45, 7) is 2.62. The number of para-hydroxylation sites is 2. The minimum absolute atomic E-state index is 0.622. The lowest BCUT2D eigenvalue weighted by atomic mass is 10.3. The lowest BCUT2D eigenvalue weighted by molar-refractivity contribution is 0.409. The van der Waals surface area contributed by atoms with E-state index in [9.17, 15) is 0 Å². The van der Waals surface area contributed by atoms with Gasteiger partial charge in [0.15, 0.2) is 5.76 Å². The van der Waals surface area contributed by atoms with Crippen LogP contribution in [0, 0.1) is 6.92 Å². The SMILES string of the molecule is Cc1nc2ccccc2n1Cc1cc(-c2ccco2)on1. The molecule has 0 bridgehead atoms. The fourth-order valence-electron chi connectivity index (χ4n) is 2.48. The van der Waals surface area contributed by atoms with Crippen molar-refractivity contribution in [2.75, 3.05) is 0 Å². The second-order valence-electron chi connectivity index (χ2n) is 4.89. The van der Waals surface area contributed by atoms with Crippen molar-refractivity contribution in [2.24, 2.45) is 0 Å². The van der Waals surface area contributed by atoms with Crippen LogP contribution in [0.4, 0.5) is 0 Å². The largest absolute Gasteiger partial charge is 0.461 e. The van der Waals surface area contributed by atoms with Crippen molar-refractivity contribution in [2.45, 2.75) is 13.5 Å². The summed E-state index contributed by atoms with van der Waals surface area (Å²) in [6, 6.07) is 13.6. The molecule has 0 amide bonds. The van der Waals surface area contributed by atoms with Crippen molar-refractivity contribution in [3.8, 4) is 11.5 Å². The van der Waals surface area contributed by atoms with Crippen molar-refractivity contribution >= 4 is 11.0 Å². The quantitative estimate of drug-likeness (QED) is 0.574. The van der Waals surface area contributed by atoms with Crippen LogP contribution in [0.2, 0.25) is 0 Å². The van der Waals surface area contributed by atoms with Crippen LogP contribution in [-0.4, -0.2) is 14.7 Å². The molecule has 0 aliphatic carbocycles. The van der Waals surface area contributed by atoms with Crippen LogP contribution in [0.5, 0.6) is 0 Å². The molecule has 4 rings (SSSR count). The number of hydrogen-bond acceptors (Lipinski definition) is 4. The van der Waals surface area contributed by atoms with E-state index in [4.69, 9.17) is 8.94 Å². The lowest BCUT2D eigenvalue weighted by Crippen LogP contribution is -2.01. The predicted octanol–water partition coefficient (Wildman–Crippen LogP) is 3.64. The zero-order valence-corrected chi connectivity index (χ0v) is 11.5. The Bertz CT molecular complexity index is 887. The Kier molecular flexibility index (Phi) is 2.64. The van der Waals surface area contributed by atoms with Gasteiger partial charge in [-0.1, -0.05) is 17.3 Å². The molecular weight excluding hydrogens is 266 g/mol. The summed E-state index contributed by atoms with van der Waals surface area (Å²) in [5.74, 6) is 2.27. The monoisotopic (exact) mass is 279 g/mol. The van der Waals surface area contributed by atoms with E-state index in [0.29, 0.717) is 18.1 Å². The van der Waals surface area contributed by atoms with Gasteiger partial charge in [0.1, 0.15) is 11.5 Å². The first kappa shape index (κ1) is 12.0. The van der Waals surface area contributed by atoms with Gasteiger partial charge in [0.25, 0.3) is 0 Å². The van der Waals surface area contributed by atoms with E-state index in [1.54, 1.807) is 6.26 Å². The maximum atomic E-state index is 5.33. The molecule has 0 N–H and O–H groups in total. The maximum Gasteiger partial charge on any atom is 0.202 e. The van der Waals surface area contributed by atoms with Gasteiger partial charge in [0.2, 0.25) is 5.76 Å². The Morgan fingerprint density at radius 2 is 2.00 bits per heavy atom. The Morgan fingerprint density at radius 1 is 1.10 bits per heavy atom. The molecule has 21 heavy (non-hydrogen) atoms. The molecule has 4 aromatic rings. The highest BCUT2D eigenvalue weighted by atomic mass is 16.5. The van der Waals surface area contributed by atoms with E-state index in [0.717, 1.165) is 22.6 Å². The van der Waals surface area contributed by atoms with Crippen LogP contribution >= 0.6 is 0 Å². The third kappa shape index (κ3) is 2.03. The van der Waals surface area contributed by atoms with Crippen LogP contribution in [-0.2, 0) is 6.54 Å². The zero-order chi connectivity index (χ0) is 14.2. The zero-order valence-electron chi connectivity index (χ0n) is 11.5. The van der Waals surface area contributed by atoms with E-state index in [1.807, 2.05) is 43.3 Å². The minimum Gasteiger partial charge on any atom is -0.461 e. The number of nitrogens with zero attached hydrogens (tertiary/aromatic N) is 3. The topological polar surface area (TPSA) is 57.0 Å². The van der Waals surface area contributed by atoms with Gasteiger partial charge in [0.05, 0.1) is 23.8 Å². The van der Waals surface area contributed by atoms with Gasteiger partial charge >= 0.3 is 0 Å². The Labute approximate surface area is 120 Å². The maximum absolute atomic E-state index is 5.33. The number of furan rings is 1. The molecule has 5 heteroatoms. The number of aromatic nitrogens is 3. The van der Waals surface area contributed by atoms with Gasteiger partial charge in [-0.3, -0.25) is 0 Å². The molecule has 0 spiro atoms. The van der Waals surface area contributed by atoms with Gasteiger partial charge in [-0.05, 0) is 31.2 Å². The molecule has 5 nitrogen and oxygen atoms in total. The van der Waals surface area contributed by atoms with E-state index in [1.165, 1.54) is 0 Å². The van der Waals surface area contributed by atoms with E-state index < -0.39 is 0 Å². The third-order valence-electron chi connectivity index (χ3n) is 3.49. The molecule has 0 saturated heterocycles. The van der Waals surface area contributed by atoms with Crippen LogP contribution < -0.4 is 0 Å². The number of imidazole rings is 1. The Morgan fingerprint density at radius 3 is 2.86 bits per heavy atom. The second kappa shape index (κ2) is 4.63. The lowest BCUT2D eigenvalue weighted by Gasteiger charge is -2.03. The van der Waals surface area contributed by atoms with Gasteiger partial charge in [-0.25, -0.2) is 4.98 Å². The summed E-state index contributed by atoms with van der Waals surface area (Å²) in [6.07, 6.45) is 1.62. The Balaban J connectivity index is 1.70. The number of aryl methyl sites for hydroxylation is 1. The summed E-state index contributed by atoms with van der Waals surface area (Å²) in [4.78, 5) is 4.55. The summed E-state index contributed by atoms with van der Waals surface area (Å²) < 4.78 is 12.8. The summed E-state index contributed by atoms with van der Waals surface area (Å²) >= 11 is 0. The van der Waals surface area contributed by atoms with Crippen LogP contribution in [0.25, 0.3) is 22.6 Å². The smallest absolute Gasteiger partial charge is 0.202 e. The third-order valence-corrected chi connectivity index (χ3v) is 3.49. The second-order valence-corrected chi connectivity index (χ2v) is 4.89. The number of benzene rings is 1. The van der Waals surface area contributed by atoms with Crippen molar-refractivity contribution < 1.29 is 8.94 Å².